The number of amides is 2. The maximum atomic E-state index is 12.0. The molecule has 2 amide bonds. The summed E-state index contributed by atoms with van der Waals surface area (Å²) in [6.45, 7) is 1.58. The fourth-order valence-corrected chi connectivity index (χ4v) is 2.53. The third kappa shape index (κ3) is 2.54. The number of ether oxygens (including phenoxy) is 2. The van der Waals surface area contributed by atoms with Crippen molar-refractivity contribution in [2.45, 2.75) is 18.4 Å². The molecule has 6 heteroatoms. The lowest BCUT2D eigenvalue weighted by molar-refractivity contribution is 0.00544. The summed E-state index contributed by atoms with van der Waals surface area (Å²) in [5.41, 5.74) is -0.444. The highest BCUT2D eigenvalue weighted by Crippen LogP contribution is 2.29. The SMILES string of the molecule is O=C1NCC2(CCN(C(=O)Oc3ccccc3)CC2)O1. The van der Waals surface area contributed by atoms with E-state index in [0.717, 1.165) is 0 Å². The summed E-state index contributed by atoms with van der Waals surface area (Å²) < 4.78 is 10.6. The Hall–Kier alpha value is -2.24. The number of rotatable bonds is 1. The van der Waals surface area contributed by atoms with Crippen LogP contribution in [0.2, 0.25) is 0 Å². The minimum atomic E-state index is -0.444. The Morgan fingerprint density at radius 2 is 1.95 bits per heavy atom. The average molecular weight is 276 g/mol. The van der Waals surface area contributed by atoms with Crippen molar-refractivity contribution < 1.29 is 19.1 Å². The van der Waals surface area contributed by atoms with Crippen LogP contribution >= 0.6 is 0 Å². The van der Waals surface area contributed by atoms with Crippen molar-refractivity contribution >= 4 is 12.2 Å². The van der Waals surface area contributed by atoms with E-state index < -0.39 is 5.60 Å². The number of carbonyl (C=O) groups excluding carboxylic acids is 2. The van der Waals surface area contributed by atoms with Crippen molar-refractivity contribution in [2.75, 3.05) is 19.6 Å². The zero-order valence-corrected chi connectivity index (χ0v) is 11.0. The summed E-state index contributed by atoms with van der Waals surface area (Å²) in [6, 6.07) is 8.98. The van der Waals surface area contributed by atoms with E-state index in [4.69, 9.17) is 9.47 Å². The van der Waals surface area contributed by atoms with Gasteiger partial charge in [0, 0.05) is 25.9 Å². The highest BCUT2D eigenvalue weighted by atomic mass is 16.6. The van der Waals surface area contributed by atoms with E-state index in [0.29, 0.717) is 38.2 Å². The normalized spacial score (nSPS) is 20.4. The number of likely N-dealkylation sites (tertiary alicyclic amines) is 1. The first-order valence-electron chi connectivity index (χ1n) is 6.66. The van der Waals surface area contributed by atoms with E-state index in [-0.39, 0.29) is 12.2 Å². The predicted molar refractivity (Wildman–Crippen MR) is 70.5 cm³/mol. The van der Waals surface area contributed by atoms with Gasteiger partial charge in [-0.25, -0.2) is 9.59 Å². The van der Waals surface area contributed by atoms with Crippen LogP contribution < -0.4 is 10.1 Å². The Balaban J connectivity index is 1.55. The number of alkyl carbamates (subject to hydrolysis) is 1. The van der Waals surface area contributed by atoms with Gasteiger partial charge in [-0.15, -0.1) is 0 Å². The highest BCUT2D eigenvalue weighted by Gasteiger charge is 2.43. The Bertz CT molecular complexity index is 509. The molecule has 1 aromatic rings. The van der Waals surface area contributed by atoms with Gasteiger partial charge < -0.3 is 19.7 Å². The minimum Gasteiger partial charge on any atom is -0.441 e. The molecule has 2 fully saturated rings. The van der Waals surface area contributed by atoms with Crippen molar-refractivity contribution in [3.8, 4) is 5.75 Å². The van der Waals surface area contributed by atoms with Gasteiger partial charge in [0.2, 0.25) is 0 Å². The standard InChI is InChI=1S/C14H16N2O4/c17-12-15-10-14(20-12)6-8-16(9-7-14)13(18)19-11-4-2-1-3-5-11/h1-5H,6-10H2,(H,15,17). The van der Waals surface area contributed by atoms with Crippen molar-refractivity contribution in [1.29, 1.82) is 0 Å². The third-order valence-electron chi connectivity index (χ3n) is 3.75. The summed E-state index contributed by atoms with van der Waals surface area (Å²) >= 11 is 0. The quantitative estimate of drug-likeness (QED) is 0.848. The molecule has 2 aliphatic heterocycles. The third-order valence-corrected chi connectivity index (χ3v) is 3.75. The predicted octanol–water partition coefficient (Wildman–Crippen LogP) is 1.76. The summed E-state index contributed by atoms with van der Waals surface area (Å²) in [6.07, 6.45) is 0.541. The van der Waals surface area contributed by atoms with Crippen molar-refractivity contribution in [1.82, 2.24) is 10.2 Å². The number of benzene rings is 1. The van der Waals surface area contributed by atoms with Crippen molar-refractivity contribution in [3.05, 3.63) is 30.3 Å². The molecule has 0 atom stereocenters. The van der Waals surface area contributed by atoms with E-state index in [2.05, 4.69) is 5.32 Å². The van der Waals surface area contributed by atoms with Gasteiger partial charge in [-0.2, -0.15) is 0 Å². The second kappa shape index (κ2) is 5.03. The molecular formula is C14H16N2O4. The molecule has 6 nitrogen and oxygen atoms in total. The first kappa shape index (κ1) is 12.8. The summed E-state index contributed by atoms with van der Waals surface area (Å²) in [7, 11) is 0. The van der Waals surface area contributed by atoms with Crippen LogP contribution in [-0.2, 0) is 4.74 Å². The fraction of sp³-hybridized carbons (Fsp3) is 0.429. The monoisotopic (exact) mass is 276 g/mol. The lowest BCUT2D eigenvalue weighted by Crippen LogP contribution is -2.49. The van der Waals surface area contributed by atoms with Crippen LogP contribution in [-0.4, -0.2) is 42.3 Å². The van der Waals surface area contributed by atoms with Gasteiger partial charge in [0.1, 0.15) is 11.4 Å². The first-order chi connectivity index (χ1) is 9.67. The van der Waals surface area contributed by atoms with E-state index >= 15 is 0 Å². The number of nitrogens with one attached hydrogen (secondary N) is 1. The number of nitrogens with zero attached hydrogens (tertiary/aromatic N) is 1. The van der Waals surface area contributed by atoms with Crippen LogP contribution in [0.3, 0.4) is 0 Å². The number of hydrogen-bond acceptors (Lipinski definition) is 4. The van der Waals surface area contributed by atoms with Gasteiger partial charge in [-0.3, -0.25) is 0 Å². The molecule has 0 radical (unpaired) electrons. The van der Waals surface area contributed by atoms with Crippen molar-refractivity contribution in [3.63, 3.8) is 0 Å². The van der Waals surface area contributed by atoms with Gasteiger partial charge in [-0.05, 0) is 12.1 Å². The van der Waals surface area contributed by atoms with Crippen LogP contribution in [0.4, 0.5) is 9.59 Å². The summed E-state index contributed by atoms with van der Waals surface area (Å²) in [4.78, 5) is 24.8. The maximum Gasteiger partial charge on any atom is 0.415 e. The second-order valence-corrected chi connectivity index (χ2v) is 5.09. The summed E-state index contributed by atoms with van der Waals surface area (Å²) in [5.74, 6) is 0.534. The lowest BCUT2D eigenvalue weighted by Gasteiger charge is -2.36. The van der Waals surface area contributed by atoms with Gasteiger partial charge >= 0.3 is 12.2 Å². The molecule has 106 valence electrons. The van der Waals surface area contributed by atoms with E-state index in [9.17, 15) is 9.59 Å². The largest absolute Gasteiger partial charge is 0.441 e. The van der Waals surface area contributed by atoms with Gasteiger partial charge in [0.15, 0.2) is 0 Å². The van der Waals surface area contributed by atoms with E-state index in [1.54, 1.807) is 17.0 Å². The fourth-order valence-electron chi connectivity index (χ4n) is 2.53. The molecule has 0 aromatic heterocycles. The molecule has 0 saturated carbocycles. The Labute approximate surface area is 116 Å². The van der Waals surface area contributed by atoms with Crippen LogP contribution in [0.5, 0.6) is 5.75 Å². The van der Waals surface area contributed by atoms with E-state index in [1.165, 1.54) is 0 Å². The average Bonchev–Trinajstić information content (AvgIpc) is 2.81. The molecule has 3 rings (SSSR count). The minimum absolute atomic E-state index is 0.358. The molecule has 0 unspecified atom stereocenters. The van der Waals surface area contributed by atoms with Crippen LogP contribution in [0.1, 0.15) is 12.8 Å². The summed E-state index contributed by atoms with van der Waals surface area (Å²) in [5, 5.41) is 2.67. The number of piperidine rings is 1. The smallest absolute Gasteiger partial charge is 0.415 e. The zero-order valence-electron chi connectivity index (χ0n) is 11.0. The number of hydrogen-bond donors (Lipinski definition) is 1. The lowest BCUT2D eigenvalue weighted by atomic mass is 9.92. The number of carbonyl (C=O) groups is 2. The molecule has 1 N–H and O–H groups in total. The maximum absolute atomic E-state index is 12.0. The molecule has 0 aliphatic carbocycles. The second-order valence-electron chi connectivity index (χ2n) is 5.09. The number of para-hydroxylation sites is 1. The van der Waals surface area contributed by atoms with Gasteiger partial charge in [0.05, 0.1) is 6.54 Å². The highest BCUT2D eigenvalue weighted by molar-refractivity contribution is 5.72. The topological polar surface area (TPSA) is 67.9 Å². The van der Waals surface area contributed by atoms with Gasteiger partial charge in [-0.1, -0.05) is 18.2 Å². The Kier molecular flexibility index (Phi) is 3.22. The molecule has 20 heavy (non-hydrogen) atoms. The molecule has 2 heterocycles. The Morgan fingerprint density at radius 1 is 1.25 bits per heavy atom. The molecule has 0 bridgehead atoms. The zero-order chi connectivity index (χ0) is 14.0. The van der Waals surface area contributed by atoms with Gasteiger partial charge in [0.25, 0.3) is 0 Å². The van der Waals surface area contributed by atoms with Crippen molar-refractivity contribution in [2.24, 2.45) is 0 Å². The molecule has 1 aromatic carbocycles. The molecule has 2 saturated heterocycles. The van der Waals surface area contributed by atoms with E-state index in [1.807, 2.05) is 18.2 Å². The molecule has 1 spiro atoms. The first-order valence-corrected chi connectivity index (χ1v) is 6.66. The Morgan fingerprint density at radius 3 is 2.55 bits per heavy atom. The molecule has 2 aliphatic rings. The molecular weight excluding hydrogens is 260 g/mol. The van der Waals surface area contributed by atoms with Crippen LogP contribution in [0.25, 0.3) is 0 Å². The van der Waals surface area contributed by atoms with Crippen LogP contribution in [0, 0.1) is 0 Å². The van der Waals surface area contributed by atoms with Crippen LogP contribution in [0.15, 0.2) is 30.3 Å².